The number of hydrogen-bond acceptors (Lipinski definition) is 6. The fourth-order valence-corrected chi connectivity index (χ4v) is 5.65. The standard InChI is InChI=1S/C29H34N4O6/c1-38-19-29(37)12-15-39-18-24(29)33-20-30-25(26(33)22-10-6-3-7-11-22)27(34)32-14-13-31(28(35)36)17-23(32)16-21-8-4-2-5-9-21/h2-11,20,23-24,37H,12-19H2,1H3,(H,35,36)/t23-,24?,29?/m1/s1. The number of imidazole rings is 1. The molecule has 0 bridgehead atoms. The number of carbonyl (C=O) groups excluding carboxylic acids is 1. The summed E-state index contributed by atoms with van der Waals surface area (Å²) in [6.45, 7) is 1.46. The zero-order chi connectivity index (χ0) is 27.4. The van der Waals surface area contributed by atoms with E-state index in [1.165, 1.54) is 4.90 Å². The van der Waals surface area contributed by atoms with E-state index < -0.39 is 17.7 Å². The highest BCUT2D eigenvalue weighted by Gasteiger charge is 2.43. The highest BCUT2D eigenvalue weighted by Crippen LogP contribution is 2.36. The van der Waals surface area contributed by atoms with Gasteiger partial charge < -0.3 is 34.1 Å². The first kappa shape index (κ1) is 26.9. The van der Waals surface area contributed by atoms with Gasteiger partial charge in [-0.05, 0) is 12.0 Å². The Morgan fingerprint density at radius 3 is 2.51 bits per heavy atom. The molecule has 2 aliphatic heterocycles. The van der Waals surface area contributed by atoms with Gasteiger partial charge in [-0.15, -0.1) is 0 Å². The fraction of sp³-hybridized carbons (Fsp3) is 0.414. The molecule has 2 fully saturated rings. The molecule has 2 unspecified atom stereocenters. The van der Waals surface area contributed by atoms with Crippen LogP contribution in [0.15, 0.2) is 67.0 Å². The van der Waals surface area contributed by atoms with Gasteiger partial charge in [0.05, 0.1) is 37.3 Å². The summed E-state index contributed by atoms with van der Waals surface area (Å²) in [7, 11) is 1.55. The molecule has 0 saturated carbocycles. The molecule has 10 nitrogen and oxygen atoms in total. The molecule has 2 N–H and O–H groups in total. The van der Waals surface area contributed by atoms with Crippen molar-refractivity contribution in [3.05, 3.63) is 78.2 Å². The van der Waals surface area contributed by atoms with Gasteiger partial charge in [0.2, 0.25) is 0 Å². The summed E-state index contributed by atoms with van der Waals surface area (Å²) < 4.78 is 13.0. The minimum Gasteiger partial charge on any atom is -0.465 e. The molecule has 0 spiro atoms. The Balaban J connectivity index is 1.54. The van der Waals surface area contributed by atoms with Crippen molar-refractivity contribution in [2.45, 2.75) is 30.5 Å². The van der Waals surface area contributed by atoms with Crippen LogP contribution in [-0.2, 0) is 15.9 Å². The number of carbonyl (C=O) groups is 2. The van der Waals surface area contributed by atoms with E-state index in [1.807, 2.05) is 65.2 Å². The maximum absolute atomic E-state index is 14.2. The molecule has 206 valence electrons. The van der Waals surface area contributed by atoms with Crippen LogP contribution in [0.25, 0.3) is 11.3 Å². The van der Waals surface area contributed by atoms with E-state index in [4.69, 9.17) is 9.47 Å². The lowest BCUT2D eigenvalue weighted by atomic mass is 9.89. The predicted octanol–water partition coefficient (Wildman–Crippen LogP) is 2.94. The smallest absolute Gasteiger partial charge is 0.407 e. The molecule has 2 amide bonds. The van der Waals surface area contributed by atoms with Crippen molar-refractivity contribution in [2.75, 3.05) is 46.6 Å². The monoisotopic (exact) mass is 534 g/mol. The van der Waals surface area contributed by atoms with Gasteiger partial charge in [-0.2, -0.15) is 0 Å². The van der Waals surface area contributed by atoms with Crippen molar-refractivity contribution in [2.24, 2.45) is 0 Å². The lowest BCUT2D eigenvalue weighted by Crippen LogP contribution is -2.57. The second kappa shape index (κ2) is 11.6. The van der Waals surface area contributed by atoms with E-state index >= 15 is 0 Å². The summed E-state index contributed by atoms with van der Waals surface area (Å²) in [6.07, 6.45) is 1.50. The van der Waals surface area contributed by atoms with Gasteiger partial charge in [0.25, 0.3) is 5.91 Å². The molecule has 3 heterocycles. The lowest BCUT2D eigenvalue weighted by molar-refractivity contribution is -0.134. The van der Waals surface area contributed by atoms with E-state index in [2.05, 4.69) is 4.98 Å². The normalized spacial score (nSPS) is 23.5. The molecule has 2 saturated heterocycles. The number of aromatic nitrogens is 2. The maximum Gasteiger partial charge on any atom is 0.407 e. The number of nitrogens with zero attached hydrogens (tertiary/aromatic N) is 4. The largest absolute Gasteiger partial charge is 0.465 e. The van der Waals surface area contributed by atoms with E-state index in [-0.39, 0.29) is 50.5 Å². The van der Waals surface area contributed by atoms with Gasteiger partial charge in [0.15, 0.2) is 5.69 Å². The zero-order valence-electron chi connectivity index (χ0n) is 22.0. The van der Waals surface area contributed by atoms with Gasteiger partial charge >= 0.3 is 6.09 Å². The maximum atomic E-state index is 14.2. The molecule has 10 heteroatoms. The first-order valence-electron chi connectivity index (χ1n) is 13.2. The Bertz CT molecular complexity index is 1280. The van der Waals surface area contributed by atoms with Gasteiger partial charge in [-0.25, -0.2) is 9.78 Å². The molecule has 3 aromatic rings. The van der Waals surface area contributed by atoms with E-state index in [0.29, 0.717) is 25.1 Å². The van der Waals surface area contributed by atoms with Gasteiger partial charge in [0, 0.05) is 45.3 Å². The molecular weight excluding hydrogens is 500 g/mol. The number of hydrogen-bond donors (Lipinski definition) is 2. The Labute approximate surface area is 227 Å². The van der Waals surface area contributed by atoms with E-state index in [1.54, 1.807) is 18.3 Å². The van der Waals surface area contributed by atoms with Crippen molar-refractivity contribution in [1.29, 1.82) is 0 Å². The van der Waals surface area contributed by atoms with Crippen LogP contribution in [0, 0.1) is 0 Å². The minimum atomic E-state index is -1.19. The third-order valence-corrected chi connectivity index (χ3v) is 7.68. The molecule has 2 aromatic carbocycles. The first-order chi connectivity index (χ1) is 18.9. The topological polar surface area (TPSA) is 117 Å². The van der Waals surface area contributed by atoms with Crippen molar-refractivity contribution in [3.63, 3.8) is 0 Å². The number of rotatable bonds is 7. The summed E-state index contributed by atoms with van der Waals surface area (Å²) in [5.41, 5.74) is 1.46. The van der Waals surface area contributed by atoms with Crippen LogP contribution in [0.3, 0.4) is 0 Å². The van der Waals surface area contributed by atoms with Crippen molar-refractivity contribution >= 4 is 12.0 Å². The van der Waals surface area contributed by atoms with Crippen LogP contribution in [0.2, 0.25) is 0 Å². The molecule has 5 rings (SSSR count). The van der Waals surface area contributed by atoms with Crippen LogP contribution in [-0.4, -0.2) is 99.8 Å². The highest BCUT2D eigenvalue weighted by atomic mass is 16.5. The summed E-state index contributed by atoms with van der Waals surface area (Å²) >= 11 is 0. The van der Waals surface area contributed by atoms with Crippen LogP contribution >= 0.6 is 0 Å². The van der Waals surface area contributed by atoms with E-state index in [0.717, 1.165) is 11.1 Å². The fourth-order valence-electron chi connectivity index (χ4n) is 5.65. The Kier molecular flexibility index (Phi) is 7.97. The van der Waals surface area contributed by atoms with E-state index in [9.17, 15) is 19.8 Å². The summed E-state index contributed by atoms with van der Waals surface area (Å²) in [5.74, 6) is -0.273. The Hall–Kier alpha value is -3.73. The third kappa shape index (κ3) is 5.54. The number of piperazine rings is 1. The van der Waals surface area contributed by atoms with Gasteiger partial charge in [-0.3, -0.25) is 4.79 Å². The average Bonchev–Trinajstić information content (AvgIpc) is 3.38. The molecule has 0 aliphatic carbocycles. The Morgan fingerprint density at radius 1 is 1.10 bits per heavy atom. The second-order valence-electron chi connectivity index (χ2n) is 10.2. The summed E-state index contributed by atoms with van der Waals surface area (Å²) in [6, 6.07) is 18.4. The molecule has 1 aromatic heterocycles. The lowest BCUT2D eigenvalue weighted by Gasteiger charge is -2.41. The molecule has 0 radical (unpaired) electrons. The first-order valence-corrected chi connectivity index (χ1v) is 13.2. The summed E-state index contributed by atoms with van der Waals surface area (Å²) in [5, 5.41) is 21.2. The Morgan fingerprint density at radius 2 is 1.82 bits per heavy atom. The van der Waals surface area contributed by atoms with Crippen molar-refractivity contribution in [3.8, 4) is 11.3 Å². The molecule has 2 aliphatic rings. The van der Waals surface area contributed by atoms with Crippen LogP contribution < -0.4 is 0 Å². The number of aliphatic hydroxyl groups is 1. The third-order valence-electron chi connectivity index (χ3n) is 7.68. The summed E-state index contributed by atoms with van der Waals surface area (Å²) in [4.78, 5) is 33.7. The number of benzene rings is 2. The van der Waals surface area contributed by atoms with Crippen LogP contribution in [0.4, 0.5) is 4.79 Å². The average molecular weight is 535 g/mol. The zero-order valence-corrected chi connectivity index (χ0v) is 22.0. The van der Waals surface area contributed by atoms with Crippen LogP contribution in [0.1, 0.15) is 28.5 Å². The minimum absolute atomic E-state index is 0.118. The second-order valence-corrected chi connectivity index (χ2v) is 10.2. The van der Waals surface area contributed by atoms with Gasteiger partial charge in [0.1, 0.15) is 5.60 Å². The number of ether oxygens (including phenoxy) is 2. The highest BCUT2D eigenvalue weighted by molar-refractivity contribution is 5.98. The van der Waals surface area contributed by atoms with Gasteiger partial charge in [-0.1, -0.05) is 60.7 Å². The quantitative estimate of drug-likeness (QED) is 0.479. The SMILES string of the molecule is COCC1(O)CCOCC1n1cnc(C(=O)N2CCN(C(=O)O)C[C@H]2Cc2ccccc2)c1-c1ccccc1. The molecular formula is C29H34N4O6. The van der Waals surface area contributed by atoms with Crippen molar-refractivity contribution in [1.82, 2.24) is 19.4 Å². The number of methoxy groups -OCH3 is 1. The number of carboxylic acid groups (broad SMARTS) is 1. The molecule has 3 atom stereocenters. The van der Waals surface area contributed by atoms with Crippen molar-refractivity contribution < 1.29 is 29.3 Å². The molecule has 39 heavy (non-hydrogen) atoms. The predicted molar refractivity (Wildman–Crippen MR) is 144 cm³/mol. The van der Waals surface area contributed by atoms with Crippen LogP contribution in [0.5, 0.6) is 0 Å². The number of amides is 2.